The van der Waals surface area contributed by atoms with E-state index in [0.29, 0.717) is 42.1 Å². The highest BCUT2D eigenvalue weighted by Gasteiger charge is 2.23. The Morgan fingerprint density at radius 2 is 2.22 bits per heavy atom. The van der Waals surface area contributed by atoms with Crippen LogP contribution in [0.1, 0.15) is 26.6 Å². The van der Waals surface area contributed by atoms with Gasteiger partial charge in [0.1, 0.15) is 17.9 Å². The lowest BCUT2D eigenvalue weighted by atomic mass is 10.1. The number of ether oxygens (including phenoxy) is 1. The molecule has 0 aliphatic carbocycles. The number of imidazole rings is 1. The molecule has 0 aliphatic heterocycles. The molecule has 0 aromatic carbocycles. The van der Waals surface area contributed by atoms with Gasteiger partial charge in [0.25, 0.3) is 0 Å². The molecular formula is C16H20N4O3. The summed E-state index contributed by atoms with van der Waals surface area (Å²) in [7, 11) is 0. The molecule has 7 nitrogen and oxygen atoms in total. The highest BCUT2D eigenvalue weighted by atomic mass is 16.5. The minimum Gasteiger partial charge on any atom is -0.618 e. The van der Waals surface area contributed by atoms with Gasteiger partial charge < -0.3 is 19.6 Å². The van der Waals surface area contributed by atoms with E-state index in [9.17, 15) is 10.3 Å². The summed E-state index contributed by atoms with van der Waals surface area (Å²) in [6.45, 7) is 6.58. The molecule has 23 heavy (non-hydrogen) atoms. The van der Waals surface area contributed by atoms with Crippen LogP contribution in [0.3, 0.4) is 0 Å². The molecule has 0 fully saturated rings. The van der Waals surface area contributed by atoms with Crippen molar-refractivity contribution < 1.29 is 14.6 Å². The molecule has 7 heteroatoms. The molecule has 0 aliphatic rings. The zero-order chi connectivity index (χ0) is 16.6. The van der Waals surface area contributed by atoms with Gasteiger partial charge in [-0.05, 0) is 26.8 Å². The Balaban J connectivity index is 2.31. The molecular weight excluding hydrogens is 296 g/mol. The van der Waals surface area contributed by atoms with Crippen LogP contribution in [0, 0.1) is 5.21 Å². The summed E-state index contributed by atoms with van der Waals surface area (Å²) >= 11 is 0. The van der Waals surface area contributed by atoms with E-state index in [1.54, 1.807) is 32.2 Å². The molecule has 0 spiro atoms. The van der Waals surface area contributed by atoms with Crippen LogP contribution in [0.25, 0.3) is 22.1 Å². The fourth-order valence-electron chi connectivity index (χ4n) is 2.66. The predicted molar refractivity (Wildman–Crippen MR) is 85.6 cm³/mol. The third kappa shape index (κ3) is 2.97. The lowest BCUT2D eigenvalue weighted by Crippen LogP contribution is -2.28. The smallest absolute Gasteiger partial charge is 0.244 e. The van der Waals surface area contributed by atoms with Crippen LogP contribution in [-0.2, 0) is 17.9 Å². The number of hydrogen-bond acceptors (Lipinski definition) is 5. The van der Waals surface area contributed by atoms with Crippen LogP contribution in [0.15, 0.2) is 24.5 Å². The van der Waals surface area contributed by atoms with Crippen molar-refractivity contribution in [1.29, 1.82) is 0 Å². The van der Waals surface area contributed by atoms with E-state index in [2.05, 4.69) is 9.97 Å². The van der Waals surface area contributed by atoms with Crippen LogP contribution >= 0.6 is 0 Å². The number of aliphatic hydroxyl groups is 1. The zero-order valence-electron chi connectivity index (χ0n) is 13.5. The molecule has 3 aromatic heterocycles. The van der Waals surface area contributed by atoms with Gasteiger partial charge in [0, 0.05) is 18.9 Å². The van der Waals surface area contributed by atoms with E-state index < -0.39 is 5.60 Å². The lowest BCUT2D eigenvalue weighted by Gasteiger charge is -2.20. The quantitative estimate of drug-likeness (QED) is 0.570. The van der Waals surface area contributed by atoms with Gasteiger partial charge in [-0.15, -0.1) is 0 Å². The van der Waals surface area contributed by atoms with E-state index in [1.165, 1.54) is 6.20 Å². The number of pyridine rings is 2. The Labute approximate surface area is 133 Å². The van der Waals surface area contributed by atoms with Gasteiger partial charge in [0.15, 0.2) is 11.0 Å². The number of fused-ring (bicyclic) bond motifs is 3. The van der Waals surface area contributed by atoms with Gasteiger partial charge in [-0.1, -0.05) is 0 Å². The summed E-state index contributed by atoms with van der Waals surface area (Å²) in [6.07, 6.45) is 3.08. The summed E-state index contributed by atoms with van der Waals surface area (Å²) < 4.78 is 8.14. The van der Waals surface area contributed by atoms with Gasteiger partial charge >= 0.3 is 0 Å². The third-order valence-electron chi connectivity index (χ3n) is 3.54. The van der Waals surface area contributed by atoms with Gasteiger partial charge in [-0.3, -0.25) is 0 Å². The topological polar surface area (TPSA) is 87.1 Å². The molecule has 0 amide bonds. The average Bonchev–Trinajstić information content (AvgIpc) is 2.81. The highest BCUT2D eigenvalue weighted by Crippen LogP contribution is 2.24. The molecule has 3 heterocycles. The molecule has 122 valence electrons. The third-order valence-corrected chi connectivity index (χ3v) is 3.54. The van der Waals surface area contributed by atoms with Gasteiger partial charge in [-0.2, -0.15) is 4.73 Å². The SMILES string of the molecule is CCOCc1nc2c[n+]([O-])c3cccnc3c2n1CC(C)(C)O. The van der Waals surface area contributed by atoms with Crippen LogP contribution in [0.5, 0.6) is 0 Å². The molecule has 0 radical (unpaired) electrons. The highest BCUT2D eigenvalue weighted by molar-refractivity contribution is 5.97. The monoisotopic (exact) mass is 316 g/mol. The molecule has 0 saturated heterocycles. The zero-order valence-corrected chi connectivity index (χ0v) is 13.5. The Bertz CT molecular complexity index is 852. The number of hydrogen-bond donors (Lipinski definition) is 1. The van der Waals surface area contributed by atoms with Crippen molar-refractivity contribution >= 4 is 22.1 Å². The Kier molecular flexibility index (Phi) is 3.91. The molecule has 3 rings (SSSR count). The fraction of sp³-hybridized carbons (Fsp3) is 0.438. The summed E-state index contributed by atoms with van der Waals surface area (Å²) in [4.78, 5) is 8.86. The van der Waals surface area contributed by atoms with Crippen molar-refractivity contribution in [2.24, 2.45) is 0 Å². The Morgan fingerprint density at radius 3 is 2.91 bits per heavy atom. The number of rotatable bonds is 5. The summed E-state index contributed by atoms with van der Waals surface area (Å²) in [5.41, 5.74) is 1.40. The second kappa shape index (κ2) is 5.75. The van der Waals surface area contributed by atoms with Gasteiger partial charge in [0.2, 0.25) is 11.7 Å². The molecule has 1 N–H and O–H groups in total. The van der Waals surface area contributed by atoms with Crippen LogP contribution in [0.4, 0.5) is 0 Å². The number of nitrogens with zero attached hydrogens (tertiary/aromatic N) is 4. The van der Waals surface area contributed by atoms with Crippen molar-refractivity contribution in [3.63, 3.8) is 0 Å². The first-order valence-corrected chi connectivity index (χ1v) is 7.57. The normalized spacial score (nSPS) is 12.3. The predicted octanol–water partition coefficient (Wildman–Crippen LogP) is 1.53. The van der Waals surface area contributed by atoms with Gasteiger partial charge in [-0.25, -0.2) is 9.97 Å². The lowest BCUT2D eigenvalue weighted by molar-refractivity contribution is -0.575. The van der Waals surface area contributed by atoms with E-state index in [1.807, 2.05) is 11.5 Å². The molecule has 0 bridgehead atoms. The molecule has 0 unspecified atom stereocenters. The Morgan fingerprint density at radius 1 is 1.43 bits per heavy atom. The largest absolute Gasteiger partial charge is 0.618 e. The van der Waals surface area contributed by atoms with E-state index >= 15 is 0 Å². The fourth-order valence-corrected chi connectivity index (χ4v) is 2.66. The summed E-state index contributed by atoms with van der Waals surface area (Å²) in [5.74, 6) is 0.669. The van der Waals surface area contributed by atoms with Crippen molar-refractivity contribution in [1.82, 2.24) is 14.5 Å². The molecule has 0 saturated carbocycles. The van der Waals surface area contributed by atoms with Crippen LogP contribution < -0.4 is 4.73 Å². The van der Waals surface area contributed by atoms with Crippen LogP contribution in [0.2, 0.25) is 0 Å². The molecule has 0 atom stereocenters. The minimum absolute atomic E-state index is 0.314. The van der Waals surface area contributed by atoms with E-state index in [0.717, 1.165) is 10.2 Å². The maximum absolute atomic E-state index is 12.2. The summed E-state index contributed by atoms with van der Waals surface area (Å²) in [6, 6.07) is 3.44. The second-order valence-corrected chi connectivity index (χ2v) is 6.12. The van der Waals surface area contributed by atoms with E-state index in [4.69, 9.17) is 4.74 Å². The second-order valence-electron chi connectivity index (χ2n) is 6.12. The van der Waals surface area contributed by atoms with Crippen molar-refractivity contribution in [2.45, 2.75) is 39.5 Å². The van der Waals surface area contributed by atoms with E-state index in [-0.39, 0.29) is 0 Å². The standard InChI is InChI=1S/C16H20N4O3/c1-4-23-9-13-18-11-8-20(22)12-6-5-7-17-14(12)15(11)19(13)10-16(2,3)21/h5-8,21H,4,9-10H2,1-3H3. The number of aromatic nitrogens is 4. The Hall–Kier alpha value is -2.25. The van der Waals surface area contributed by atoms with Crippen molar-refractivity contribution in [2.75, 3.05) is 6.61 Å². The van der Waals surface area contributed by atoms with Crippen molar-refractivity contribution in [3.05, 3.63) is 35.6 Å². The molecule has 3 aromatic rings. The maximum Gasteiger partial charge on any atom is 0.244 e. The first-order chi connectivity index (χ1) is 10.9. The van der Waals surface area contributed by atoms with Crippen LogP contribution in [-0.4, -0.2) is 31.8 Å². The average molecular weight is 316 g/mol. The minimum atomic E-state index is -0.932. The summed E-state index contributed by atoms with van der Waals surface area (Å²) in [5, 5.41) is 22.4. The first-order valence-electron chi connectivity index (χ1n) is 7.57. The maximum atomic E-state index is 12.2. The van der Waals surface area contributed by atoms with Crippen molar-refractivity contribution in [3.8, 4) is 0 Å². The first kappa shape index (κ1) is 15.6. The van der Waals surface area contributed by atoms with Gasteiger partial charge in [0.05, 0.1) is 12.1 Å².